The molecule has 8 heteroatoms. The van der Waals surface area contributed by atoms with E-state index in [0.717, 1.165) is 32.4 Å². The van der Waals surface area contributed by atoms with E-state index in [4.69, 9.17) is 5.21 Å². The second-order valence-electron chi connectivity index (χ2n) is 6.36. The van der Waals surface area contributed by atoms with Gasteiger partial charge in [-0.15, -0.1) is 0 Å². The van der Waals surface area contributed by atoms with Gasteiger partial charge in [0.15, 0.2) is 0 Å². The van der Waals surface area contributed by atoms with E-state index in [9.17, 15) is 4.79 Å². The van der Waals surface area contributed by atoms with E-state index in [1.807, 2.05) is 12.3 Å². The molecule has 0 spiro atoms. The Labute approximate surface area is 151 Å². The molecule has 1 atom stereocenters. The van der Waals surface area contributed by atoms with E-state index in [-0.39, 0.29) is 5.54 Å². The number of pyridine rings is 1. The van der Waals surface area contributed by atoms with Crippen molar-refractivity contribution in [3.63, 3.8) is 0 Å². The second-order valence-corrected chi connectivity index (χ2v) is 6.36. The first kappa shape index (κ1) is 18.0. The van der Waals surface area contributed by atoms with Crippen molar-refractivity contribution in [1.82, 2.24) is 25.7 Å². The Morgan fingerprint density at radius 2 is 2.27 bits per heavy atom. The maximum absolute atomic E-state index is 11.0. The Balaban J connectivity index is 1.72. The Morgan fingerprint density at radius 1 is 1.35 bits per heavy atom. The fourth-order valence-electron chi connectivity index (χ4n) is 3.12. The van der Waals surface area contributed by atoms with Crippen LogP contribution in [0.3, 0.4) is 0 Å². The molecule has 136 valence electrons. The van der Waals surface area contributed by atoms with Gasteiger partial charge in [-0.1, -0.05) is 6.07 Å². The monoisotopic (exact) mass is 354 g/mol. The van der Waals surface area contributed by atoms with Crippen LogP contribution in [-0.4, -0.2) is 44.7 Å². The van der Waals surface area contributed by atoms with Crippen LogP contribution in [0.25, 0.3) is 6.08 Å². The van der Waals surface area contributed by atoms with Crippen LogP contribution in [0.15, 0.2) is 43.0 Å². The third-order valence-corrected chi connectivity index (χ3v) is 4.32. The maximum Gasteiger partial charge on any atom is 0.267 e. The minimum atomic E-state index is -0.613. The number of piperidine rings is 1. The average Bonchev–Trinajstić information content (AvgIpc) is 2.68. The van der Waals surface area contributed by atoms with Crippen molar-refractivity contribution in [3.05, 3.63) is 54.3 Å². The number of hydrogen-bond acceptors (Lipinski definition) is 7. The number of hydrogen-bond donors (Lipinski definition) is 4. The minimum absolute atomic E-state index is 0.149. The molecule has 1 amide bonds. The molecule has 8 nitrogen and oxygen atoms in total. The van der Waals surface area contributed by atoms with E-state index < -0.39 is 5.91 Å². The van der Waals surface area contributed by atoms with Crippen LogP contribution in [-0.2, 0) is 11.2 Å². The normalized spacial score (nSPS) is 20.0. The predicted octanol–water partition coefficient (Wildman–Crippen LogP) is 1.17. The van der Waals surface area contributed by atoms with Crippen molar-refractivity contribution < 1.29 is 10.0 Å². The Morgan fingerprint density at radius 3 is 2.92 bits per heavy atom. The lowest BCUT2D eigenvalue weighted by atomic mass is 9.84. The molecule has 0 bridgehead atoms. The summed E-state index contributed by atoms with van der Waals surface area (Å²) in [5.74, 6) is 0.0686. The molecule has 26 heavy (non-hydrogen) atoms. The topological polar surface area (TPSA) is 112 Å². The Hall–Kier alpha value is -2.84. The lowest BCUT2D eigenvalue weighted by Gasteiger charge is -2.39. The van der Waals surface area contributed by atoms with Gasteiger partial charge in [0, 0.05) is 25.0 Å². The molecule has 0 aliphatic carbocycles. The molecule has 2 aromatic heterocycles. The van der Waals surface area contributed by atoms with Gasteiger partial charge in [-0.2, -0.15) is 0 Å². The molecule has 1 saturated heterocycles. The molecule has 1 aliphatic rings. The number of rotatable bonds is 6. The quantitative estimate of drug-likeness (QED) is 0.350. The summed E-state index contributed by atoms with van der Waals surface area (Å²) in [6.07, 6.45) is 12.5. The number of carbonyl (C=O) groups excluding carboxylic acids is 1. The second kappa shape index (κ2) is 8.50. The highest BCUT2D eigenvalue weighted by Gasteiger charge is 2.32. The number of anilines is 1. The van der Waals surface area contributed by atoms with Crippen LogP contribution < -0.4 is 16.1 Å². The standard InChI is InChI=1S/C18H22N6O2/c25-17(24-26)5-4-15-11-22-16(12-21-15)23-18(6-2-8-20-13-18)9-14-3-1-7-19-10-14/h1,3-5,7,10-12,20,26H,2,6,8-9,13H2,(H,22,23)(H,24,25)/b5-4+/t18-/m1/s1. The summed E-state index contributed by atoms with van der Waals surface area (Å²) in [5.41, 5.74) is 3.08. The van der Waals surface area contributed by atoms with Crippen LogP contribution in [0.1, 0.15) is 24.1 Å². The summed E-state index contributed by atoms with van der Waals surface area (Å²) in [5, 5.41) is 15.5. The molecule has 3 heterocycles. The molecule has 0 aromatic carbocycles. The highest BCUT2D eigenvalue weighted by Crippen LogP contribution is 2.25. The summed E-state index contributed by atoms with van der Waals surface area (Å²) in [6.45, 7) is 1.85. The van der Waals surface area contributed by atoms with Gasteiger partial charge in [0.05, 0.1) is 23.6 Å². The molecule has 4 N–H and O–H groups in total. The lowest BCUT2D eigenvalue weighted by molar-refractivity contribution is -0.124. The molecule has 1 aliphatic heterocycles. The Kier molecular flexibility index (Phi) is 5.88. The minimum Gasteiger partial charge on any atom is -0.362 e. The lowest BCUT2D eigenvalue weighted by Crippen LogP contribution is -2.53. The highest BCUT2D eigenvalue weighted by atomic mass is 16.5. The smallest absolute Gasteiger partial charge is 0.267 e. The Bertz CT molecular complexity index is 742. The van der Waals surface area contributed by atoms with E-state index in [2.05, 4.69) is 31.7 Å². The van der Waals surface area contributed by atoms with Crippen LogP contribution in [0.2, 0.25) is 0 Å². The number of nitrogens with one attached hydrogen (secondary N) is 3. The summed E-state index contributed by atoms with van der Waals surface area (Å²) in [6, 6.07) is 4.03. The van der Waals surface area contributed by atoms with E-state index in [1.165, 1.54) is 23.2 Å². The van der Waals surface area contributed by atoms with Crippen LogP contribution in [0, 0.1) is 0 Å². The highest BCUT2D eigenvalue weighted by molar-refractivity contribution is 5.90. The van der Waals surface area contributed by atoms with Gasteiger partial charge < -0.3 is 10.6 Å². The molecule has 0 saturated carbocycles. The summed E-state index contributed by atoms with van der Waals surface area (Å²) >= 11 is 0. The number of carbonyl (C=O) groups is 1. The predicted molar refractivity (Wildman–Crippen MR) is 97.4 cm³/mol. The van der Waals surface area contributed by atoms with Gasteiger partial charge in [-0.3, -0.25) is 20.0 Å². The third kappa shape index (κ3) is 4.84. The van der Waals surface area contributed by atoms with Crippen molar-refractivity contribution in [2.24, 2.45) is 0 Å². The van der Waals surface area contributed by atoms with Crippen molar-refractivity contribution in [1.29, 1.82) is 0 Å². The molecule has 1 fully saturated rings. The molecular formula is C18H22N6O2. The van der Waals surface area contributed by atoms with E-state index in [1.54, 1.807) is 18.6 Å². The zero-order chi connectivity index (χ0) is 18.2. The molecular weight excluding hydrogens is 332 g/mol. The van der Waals surface area contributed by atoms with Crippen molar-refractivity contribution in [2.75, 3.05) is 18.4 Å². The summed E-state index contributed by atoms with van der Waals surface area (Å²) < 4.78 is 0. The van der Waals surface area contributed by atoms with Gasteiger partial charge in [-0.05, 0) is 43.5 Å². The number of hydroxylamine groups is 1. The van der Waals surface area contributed by atoms with Crippen LogP contribution in [0.4, 0.5) is 5.82 Å². The summed E-state index contributed by atoms with van der Waals surface area (Å²) in [7, 11) is 0. The number of nitrogens with zero attached hydrogens (tertiary/aromatic N) is 3. The van der Waals surface area contributed by atoms with Crippen molar-refractivity contribution in [3.8, 4) is 0 Å². The first-order valence-electron chi connectivity index (χ1n) is 8.51. The number of aromatic nitrogens is 3. The zero-order valence-corrected chi connectivity index (χ0v) is 14.4. The van der Waals surface area contributed by atoms with Crippen molar-refractivity contribution in [2.45, 2.75) is 24.8 Å². The van der Waals surface area contributed by atoms with Gasteiger partial charge in [-0.25, -0.2) is 10.5 Å². The molecule has 2 aromatic rings. The number of amides is 1. The van der Waals surface area contributed by atoms with E-state index >= 15 is 0 Å². The van der Waals surface area contributed by atoms with Crippen LogP contribution in [0.5, 0.6) is 0 Å². The molecule has 3 rings (SSSR count). The molecule has 0 unspecified atom stereocenters. The molecule has 0 radical (unpaired) electrons. The van der Waals surface area contributed by atoms with Crippen molar-refractivity contribution >= 4 is 17.8 Å². The summed E-state index contributed by atoms with van der Waals surface area (Å²) in [4.78, 5) is 23.9. The fourth-order valence-corrected chi connectivity index (χ4v) is 3.12. The van der Waals surface area contributed by atoms with E-state index in [0.29, 0.717) is 11.5 Å². The zero-order valence-electron chi connectivity index (χ0n) is 14.4. The first-order chi connectivity index (χ1) is 12.7. The maximum atomic E-state index is 11.0. The van der Waals surface area contributed by atoms with Gasteiger partial charge >= 0.3 is 0 Å². The first-order valence-corrected chi connectivity index (χ1v) is 8.51. The average molecular weight is 354 g/mol. The van der Waals surface area contributed by atoms with Gasteiger partial charge in [0.1, 0.15) is 5.82 Å². The fraction of sp³-hybridized carbons (Fsp3) is 0.333. The van der Waals surface area contributed by atoms with Crippen LogP contribution >= 0.6 is 0 Å². The largest absolute Gasteiger partial charge is 0.362 e. The van der Waals surface area contributed by atoms with Gasteiger partial charge in [0.25, 0.3) is 5.91 Å². The SMILES string of the molecule is O=C(/C=C/c1cnc(N[C@@]2(Cc3cccnc3)CCCNC2)cn1)NO. The third-order valence-electron chi connectivity index (χ3n) is 4.32. The van der Waals surface area contributed by atoms with Gasteiger partial charge in [0.2, 0.25) is 0 Å².